The van der Waals surface area contributed by atoms with Gasteiger partial charge in [0.25, 0.3) is 5.56 Å². The van der Waals surface area contributed by atoms with E-state index >= 15 is 0 Å². The lowest BCUT2D eigenvalue weighted by atomic mass is 10.2. The van der Waals surface area contributed by atoms with Gasteiger partial charge in [-0.2, -0.15) is 0 Å². The van der Waals surface area contributed by atoms with E-state index < -0.39 is 12.0 Å². The quantitative estimate of drug-likeness (QED) is 0.710. The van der Waals surface area contributed by atoms with Crippen molar-refractivity contribution in [1.82, 2.24) is 15.3 Å². The van der Waals surface area contributed by atoms with Gasteiger partial charge in [-0.25, -0.2) is 9.78 Å². The molecule has 7 nitrogen and oxygen atoms in total. The van der Waals surface area contributed by atoms with Crippen LogP contribution in [-0.4, -0.2) is 40.7 Å². The predicted octanol–water partition coefficient (Wildman–Crippen LogP) is 2.02. The predicted molar refractivity (Wildman–Crippen MR) is 100 cm³/mol. The molecule has 136 valence electrons. The van der Waals surface area contributed by atoms with Gasteiger partial charge in [0.2, 0.25) is 5.91 Å². The minimum absolute atomic E-state index is 0.158. The van der Waals surface area contributed by atoms with E-state index in [1.807, 2.05) is 6.07 Å². The van der Waals surface area contributed by atoms with E-state index in [-0.39, 0.29) is 17.2 Å². The molecule has 0 spiro atoms. The number of nitrogens with one attached hydrogen (secondary N) is 2. The normalized spacial score (nSPS) is 12.4. The van der Waals surface area contributed by atoms with E-state index in [2.05, 4.69) is 33.9 Å². The topological polar surface area (TPSA) is 101 Å². The number of esters is 1. The average molecular weight is 383 g/mol. The number of fused-ring (bicyclic) bond motifs is 1. The van der Waals surface area contributed by atoms with Crippen LogP contribution in [0.2, 0.25) is 0 Å². The number of carbonyl (C=O) groups excluding carboxylic acids is 2. The molecule has 2 aromatic heterocycles. The minimum Gasteiger partial charge on any atom is -0.467 e. The summed E-state index contributed by atoms with van der Waals surface area (Å²) in [6, 6.07) is 1.20. The fourth-order valence-corrected chi connectivity index (χ4v) is 3.86. The number of aromatic amines is 1. The summed E-state index contributed by atoms with van der Waals surface area (Å²) in [5.41, 5.74) is -0.160. The highest BCUT2D eigenvalue weighted by Crippen LogP contribution is 2.27. The van der Waals surface area contributed by atoms with Crippen LogP contribution < -0.4 is 10.9 Å². The highest BCUT2D eigenvalue weighted by atomic mass is 32.2. The Balaban J connectivity index is 1.96. The van der Waals surface area contributed by atoms with E-state index in [0.717, 1.165) is 4.88 Å². The van der Waals surface area contributed by atoms with E-state index in [4.69, 9.17) is 0 Å². The van der Waals surface area contributed by atoms with Crippen LogP contribution in [0.25, 0.3) is 10.2 Å². The number of H-pyrrole nitrogens is 1. The van der Waals surface area contributed by atoms with Gasteiger partial charge in [-0.1, -0.05) is 13.8 Å². The minimum atomic E-state index is -0.687. The standard InChI is InChI=1S/C16H21N3O4S2/c1-8(2)11-5-10-14(21)18-12(19-15(10)25-11)6-24-7-13(20)17-9(3)16(22)23-4/h5,8-9H,6-7H2,1-4H3,(H,17,20)(H,18,19,21)/t9-/m0/s1. The first-order valence-corrected chi connectivity index (χ1v) is 9.76. The molecule has 25 heavy (non-hydrogen) atoms. The van der Waals surface area contributed by atoms with E-state index in [0.29, 0.717) is 27.7 Å². The van der Waals surface area contributed by atoms with Crippen LogP contribution in [-0.2, 0) is 20.1 Å². The maximum atomic E-state index is 12.2. The SMILES string of the molecule is COC(=O)[C@H](C)NC(=O)CSCc1nc2sc(C(C)C)cc2c(=O)[nH]1. The molecular weight excluding hydrogens is 362 g/mol. The van der Waals surface area contributed by atoms with Gasteiger partial charge in [-0.05, 0) is 18.9 Å². The molecule has 0 saturated carbocycles. The lowest BCUT2D eigenvalue weighted by molar-refractivity contribution is -0.144. The Hall–Kier alpha value is -1.87. The Morgan fingerprint density at radius 1 is 1.40 bits per heavy atom. The largest absolute Gasteiger partial charge is 0.467 e. The molecule has 2 heterocycles. The van der Waals surface area contributed by atoms with Crippen molar-refractivity contribution in [3.63, 3.8) is 0 Å². The lowest BCUT2D eigenvalue weighted by Gasteiger charge is -2.11. The van der Waals surface area contributed by atoms with Crippen LogP contribution in [0.5, 0.6) is 0 Å². The number of thiophene rings is 1. The maximum absolute atomic E-state index is 12.2. The molecule has 1 amide bonds. The van der Waals surface area contributed by atoms with Gasteiger partial charge in [0.15, 0.2) is 0 Å². The van der Waals surface area contributed by atoms with Crippen molar-refractivity contribution in [1.29, 1.82) is 0 Å². The summed E-state index contributed by atoms with van der Waals surface area (Å²) in [6.07, 6.45) is 0. The Kier molecular flexibility index (Phi) is 6.60. The highest BCUT2D eigenvalue weighted by molar-refractivity contribution is 7.99. The number of carbonyl (C=O) groups is 2. The van der Waals surface area contributed by atoms with Crippen molar-refractivity contribution in [3.05, 3.63) is 27.1 Å². The Labute approximate surface area is 153 Å². The second kappa shape index (κ2) is 8.48. The fraction of sp³-hybridized carbons (Fsp3) is 0.500. The number of hydrogen-bond donors (Lipinski definition) is 2. The van der Waals surface area contributed by atoms with Crippen molar-refractivity contribution in [2.45, 2.75) is 38.5 Å². The van der Waals surface area contributed by atoms with Gasteiger partial charge >= 0.3 is 5.97 Å². The van der Waals surface area contributed by atoms with Gasteiger partial charge in [0.05, 0.1) is 24.0 Å². The van der Waals surface area contributed by atoms with Crippen LogP contribution in [0, 0.1) is 0 Å². The summed E-state index contributed by atoms with van der Waals surface area (Å²) in [5, 5.41) is 3.15. The number of ether oxygens (including phenoxy) is 1. The van der Waals surface area contributed by atoms with E-state index in [9.17, 15) is 14.4 Å². The molecule has 2 aromatic rings. The van der Waals surface area contributed by atoms with Gasteiger partial charge in [0.1, 0.15) is 16.7 Å². The second-order valence-electron chi connectivity index (χ2n) is 5.84. The molecule has 0 aliphatic heterocycles. The highest BCUT2D eigenvalue weighted by Gasteiger charge is 2.16. The van der Waals surface area contributed by atoms with Gasteiger partial charge in [0, 0.05) is 4.88 Å². The van der Waals surface area contributed by atoms with Crippen molar-refractivity contribution < 1.29 is 14.3 Å². The molecular formula is C16H21N3O4S2. The molecule has 0 aliphatic rings. The van der Waals surface area contributed by atoms with Crippen LogP contribution in [0.15, 0.2) is 10.9 Å². The third-order valence-electron chi connectivity index (χ3n) is 3.44. The molecule has 0 saturated heterocycles. The van der Waals surface area contributed by atoms with Crippen molar-refractivity contribution in [2.24, 2.45) is 0 Å². The van der Waals surface area contributed by atoms with Crippen LogP contribution in [0.3, 0.4) is 0 Å². The summed E-state index contributed by atoms with van der Waals surface area (Å²) in [4.78, 5) is 44.3. The molecule has 2 N–H and O–H groups in total. The first-order chi connectivity index (χ1) is 11.8. The Morgan fingerprint density at radius 3 is 2.76 bits per heavy atom. The third kappa shape index (κ3) is 5.05. The van der Waals surface area contributed by atoms with Crippen LogP contribution >= 0.6 is 23.1 Å². The molecule has 0 aliphatic carbocycles. The number of methoxy groups -OCH3 is 1. The van der Waals surface area contributed by atoms with Gasteiger partial charge in [-0.3, -0.25) is 9.59 Å². The second-order valence-corrected chi connectivity index (χ2v) is 7.89. The number of hydrogen-bond acceptors (Lipinski definition) is 7. The van der Waals surface area contributed by atoms with Gasteiger partial charge in [-0.15, -0.1) is 23.1 Å². The summed E-state index contributed by atoms with van der Waals surface area (Å²) in [5.74, 6) is 0.675. The average Bonchev–Trinajstić information content (AvgIpc) is 2.99. The summed E-state index contributed by atoms with van der Waals surface area (Å²) in [6.45, 7) is 5.71. The third-order valence-corrected chi connectivity index (χ3v) is 5.72. The zero-order chi connectivity index (χ0) is 18.6. The molecule has 2 rings (SSSR count). The Morgan fingerprint density at radius 2 is 2.12 bits per heavy atom. The van der Waals surface area contributed by atoms with Crippen molar-refractivity contribution in [2.75, 3.05) is 12.9 Å². The molecule has 9 heteroatoms. The number of thioether (sulfide) groups is 1. The fourth-order valence-electron chi connectivity index (χ4n) is 2.11. The smallest absolute Gasteiger partial charge is 0.328 e. The Bertz CT molecular complexity index is 828. The number of nitrogens with zero attached hydrogens (tertiary/aromatic N) is 1. The number of amides is 1. The summed E-state index contributed by atoms with van der Waals surface area (Å²) < 4.78 is 4.55. The van der Waals surface area contributed by atoms with Crippen LogP contribution in [0.4, 0.5) is 0 Å². The summed E-state index contributed by atoms with van der Waals surface area (Å²) in [7, 11) is 1.27. The zero-order valence-corrected chi connectivity index (χ0v) is 16.2. The van der Waals surface area contributed by atoms with Gasteiger partial charge < -0.3 is 15.0 Å². The van der Waals surface area contributed by atoms with Crippen LogP contribution in [0.1, 0.15) is 37.4 Å². The maximum Gasteiger partial charge on any atom is 0.328 e. The van der Waals surface area contributed by atoms with Crippen molar-refractivity contribution >= 4 is 45.2 Å². The summed E-state index contributed by atoms with van der Waals surface area (Å²) >= 11 is 2.83. The monoisotopic (exact) mass is 383 g/mol. The first kappa shape index (κ1) is 19.5. The van der Waals surface area contributed by atoms with Crippen molar-refractivity contribution in [3.8, 4) is 0 Å². The van der Waals surface area contributed by atoms with E-state index in [1.54, 1.807) is 6.92 Å². The lowest BCUT2D eigenvalue weighted by Crippen LogP contribution is -2.40. The first-order valence-electron chi connectivity index (χ1n) is 7.79. The van der Waals surface area contributed by atoms with E-state index in [1.165, 1.54) is 30.2 Å². The molecule has 0 aromatic carbocycles. The number of rotatable bonds is 7. The molecule has 1 atom stereocenters. The zero-order valence-electron chi connectivity index (χ0n) is 14.5. The molecule has 0 unspecified atom stereocenters. The molecule has 0 fully saturated rings. The number of aromatic nitrogens is 2. The molecule has 0 bridgehead atoms. The molecule has 0 radical (unpaired) electrons.